The van der Waals surface area contributed by atoms with Gasteiger partial charge in [0.15, 0.2) is 0 Å². The molecular formula is C12H16BrN3O2. The number of amides is 2. The van der Waals surface area contributed by atoms with Gasteiger partial charge in [-0.05, 0) is 41.1 Å². The van der Waals surface area contributed by atoms with E-state index in [1.165, 1.54) is 0 Å². The fourth-order valence-electron chi connectivity index (χ4n) is 1.35. The molecule has 1 aromatic carbocycles. The SMILES string of the molecule is CCNC(=O)CCNC(=O)c1ccc(N)c(Br)c1. The van der Waals surface area contributed by atoms with E-state index < -0.39 is 0 Å². The standard InChI is InChI=1S/C12H16BrN3O2/c1-2-15-11(17)5-6-16-12(18)8-3-4-10(14)9(13)7-8/h3-4,7H,2,5-6,14H2,1H3,(H,15,17)(H,16,18). The highest BCUT2D eigenvalue weighted by atomic mass is 79.9. The van der Waals surface area contributed by atoms with Crippen LogP contribution in [0, 0.1) is 0 Å². The lowest BCUT2D eigenvalue weighted by Crippen LogP contribution is -2.30. The minimum absolute atomic E-state index is 0.0729. The van der Waals surface area contributed by atoms with Gasteiger partial charge in [-0.25, -0.2) is 0 Å². The first kappa shape index (κ1) is 14.5. The number of benzene rings is 1. The lowest BCUT2D eigenvalue weighted by Gasteiger charge is -2.06. The highest BCUT2D eigenvalue weighted by molar-refractivity contribution is 9.10. The molecule has 0 unspecified atom stereocenters. The Bertz CT molecular complexity index is 449. The normalized spacial score (nSPS) is 9.89. The third-order valence-electron chi connectivity index (χ3n) is 2.27. The smallest absolute Gasteiger partial charge is 0.251 e. The van der Waals surface area contributed by atoms with E-state index in [2.05, 4.69) is 26.6 Å². The number of nitrogens with two attached hydrogens (primary N) is 1. The fourth-order valence-corrected chi connectivity index (χ4v) is 1.72. The van der Waals surface area contributed by atoms with E-state index in [0.717, 1.165) is 0 Å². The number of carbonyl (C=O) groups excluding carboxylic acids is 2. The number of hydrogen-bond donors (Lipinski definition) is 3. The minimum Gasteiger partial charge on any atom is -0.398 e. The van der Waals surface area contributed by atoms with Crippen molar-refractivity contribution in [1.29, 1.82) is 0 Å². The van der Waals surface area contributed by atoms with Crippen molar-refractivity contribution in [3.8, 4) is 0 Å². The van der Waals surface area contributed by atoms with E-state index in [-0.39, 0.29) is 18.2 Å². The van der Waals surface area contributed by atoms with Crippen LogP contribution in [0.25, 0.3) is 0 Å². The molecule has 4 N–H and O–H groups in total. The summed E-state index contributed by atoms with van der Waals surface area (Å²) in [5.41, 5.74) is 6.71. The van der Waals surface area contributed by atoms with Crippen LogP contribution in [0.3, 0.4) is 0 Å². The Labute approximate surface area is 114 Å². The summed E-state index contributed by atoms with van der Waals surface area (Å²) in [6.45, 7) is 2.76. The Morgan fingerprint density at radius 3 is 2.67 bits per heavy atom. The Morgan fingerprint density at radius 1 is 1.33 bits per heavy atom. The highest BCUT2D eigenvalue weighted by Crippen LogP contribution is 2.20. The molecule has 0 heterocycles. The van der Waals surface area contributed by atoms with Crippen molar-refractivity contribution in [2.75, 3.05) is 18.8 Å². The van der Waals surface area contributed by atoms with Gasteiger partial charge in [0.05, 0.1) is 0 Å². The zero-order chi connectivity index (χ0) is 13.5. The van der Waals surface area contributed by atoms with Crippen molar-refractivity contribution >= 4 is 33.4 Å². The first-order valence-corrected chi connectivity index (χ1v) is 6.43. The van der Waals surface area contributed by atoms with Crippen LogP contribution in [0.1, 0.15) is 23.7 Å². The Morgan fingerprint density at radius 2 is 2.06 bits per heavy atom. The average molecular weight is 314 g/mol. The second-order valence-corrected chi connectivity index (χ2v) is 4.55. The van der Waals surface area contributed by atoms with Gasteiger partial charge in [0.1, 0.15) is 0 Å². The van der Waals surface area contributed by atoms with Gasteiger partial charge >= 0.3 is 0 Å². The van der Waals surface area contributed by atoms with Gasteiger partial charge in [-0.1, -0.05) is 0 Å². The number of halogens is 1. The van der Waals surface area contributed by atoms with Crippen LogP contribution in [-0.2, 0) is 4.79 Å². The number of carbonyl (C=O) groups is 2. The Kier molecular flexibility index (Phi) is 5.64. The predicted octanol–water partition coefficient (Wildman–Crippen LogP) is 1.29. The predicted molar refractivity (Wildman–Crippen MR) is 74.2 cm³/mol. The van der Waals surface area contributed by atoms with E-state index in [1.54, 1.807) is 18.2 Å². The summed E-state index contributed by atoms with van der Waals surface area (Å²) in [6.07, 6.45) is 0.274. The van der Waals surface area contributed by atoms with E-state index in [0.29, 0.717) is 28.8 Å². The molecule has 6 heteroatoms. The molecule has 1 aromatic rings. The number of rotatable bonds is 5. The quantitative estimate of drug-likeness (QED) is 0.716. The van der Waals surface area contributed by atoms with Crippen molar-refractivity contribution in [2.45, 2.75) is 13.3 Å². The zero-order valence-corrected chi connectivity index (χ0v) is 11.7. The molecule has 0 aliphatic carbocycles. The summed E-state index contributed by atoms with van der Waals surface area (Å²) >= 11 is 3.26. The number of hydrogen-bond acceptors (Lipinski definition) is 3. The number of nitrogen functional groups attached to an aromatic ring is 1. The average Bonchev–Trinajstić information content (AvgIpc) is 2.33. The molecule has 0 fully saturated rings. The molecule has 0 saturated heterocycles. The molecule has 0 bridgehead atoms. The summed E-state index contributed by atoms with van der Waals surface area (Å²) in [5, 5.41) is 5.33. The van der Waals surface area contributed by atoms with Crippen molar-refractivity contribution < 1.29 is 9.59 Å². The molecule has 0 spiro atoms. The lowest BCUT2D eigenvalue weighted by molar-refractivity contribution is -0.120. The molecule has 0 aliphatic rings. The lowest BCUT2D eigenvalue weighted by atomic mass is 10.2. The van der Waals surface area contributed by atoms with Crippen molar-refractivity contribution in [1.82, 2.24) is 10.6 Å². The minimum atomic E-state index is -0.222. The van der Waals surface area contributed by atoms with E-state index in [9.17, 15) is 9.59 Å². The Balaban J connectivity index is 2.45. The maximum absolute atomic E-state index is 11.7. The van der Waals surface area contributed by atoms with Crippen molar-refractivity contribution in [2.24, 2.45) is 0 Å². The largest absolute Gasteiger partial charge is 0.398 e. The summed E-state index contributed by atoms with van der Waals surface area (Å²) in [7, 11) is 0. The molecule has 0 atom stereocenters. The van der Waals surface area contributed by atoms with Crippen LogP contribution >= 0.6 is 15.9 Å². The molecule has 2 amide bonds. The van der Waals surface area contributed by atoms with Crippen molar-refractivity contribution in [3.05, 3.63) is 28.2 Å². The van der Waals surface area contributed by atoms with Gasteiger partial charge < -0.3 is 16.4 Å². The van der Waals surface area contributed by atoms with Crippen LogP contribution in [0.5, 0.6) is 0 Å². The summed E-state index contributed by atoms with van der Waals surface area (Å²) in [6, 6.07) is 4.95. The van der Waals surface area contributed by atoms with Crippen LogP contribution in [0.4, 0.5) is 5.69 Å². The molecule has 98 valence electrons. The first-order chi connectivity index (χ1) is 8.54. The van der Waals surface area contributed by atoms with Crippen molar-refractivity contribution in [3.63, 3.8) is 0 Å². The van der Waals surface area contributed by atoms with Gasteiger partial charge in [-0.15, -0.1) is 0 Å². The Hall–Kier alpha value is -1.56. The fraction of sp³-hybridized carbons (Fsp3) is 0.333. The third kappa shape index (κ3) is 4.37. The third-order valence-corrected chi connectivity index (χ3v) is 2.96. The maximum Gasteiger partial charge on any atom is 0.251 e. The van der Waals surface area contributed by atoms with Crippen LogP contribution < -0.4 is 16.4 Å². The van der Waals surface area contributed by atoms with E-state index in [4.69, 9.17) is 5.73 Å². The first-order valence-electron chi connectivity index (χ1n) is 5.64. The van der Waals surface area contributed by atoms with Crippen LogP contribution in [0.2, 0.25) is 0 Å². The van der Waals surface area contributed by atoms with Gasteiger partial charge in [0.25, 0.3) is 5.91 Å². The molecule has 1 rings (SSSR count). The molecule has 0 aromatic heterocycles. The molecule has 5 nitrogen and oxygen atoms in total. The monoisotopic (exact) mass is 313 g/mol. The topological polar surface area (TPSA) is 84.2 Å². The van der Waals surface area contributed by atoms with Crippen LogP contribution in [0.15, 0.2) is 22.7 Å². The summed E-state index contributed by atoms with van der Waals surface area (Å²) in [5.74, 6) is -0.295. The molecule has 18 heavy (non-hydrogen) atoms. The molecule has 0 aliphatic heterocycles. The maximum atomic E-state index is 11.7. The molecular weight excluding hydrogens is 298 g/mol. The molecule has 0 radical (unpaired) electrons. The zero-order valence-electron chi connectivity index (χ0n) is 10.1. The van der Waals surface area contributed by atoms with E-state index in [1.807, 2.05) is 6.92 Å². The van der Waals surface area contributed by atoms with E-state index >= 15 is 0 Å². The summed E-state index contributed by atoms with van der Waals surface area (Å²) in [4.78, 5) is 22.9. The van der Waals surface area contributed by atoms with Crippen LogP contribution in [-0.4, -0.2) is 24.9 Å². The second-order valence-electron chi connectivity index (χ2n) is 3.70. The van der Waals surface area contributed by atoms with Gasteiger partial charge in [0.2, 0.25) is 5.91 Å². The highest BCUT2D eigenvalue weighted by Gasteiger charge is 2.07. The van der Waals surface area contributed by atoms with Gasteiger partial charge in [-0.2, -0.15) is 0 Å². The number of nitrogens with one attached hydrogen (secondary N) is 2. The van der Waals surface area contributed by atoms with Gasteiger partial charge in [-0.3, -0.25) is 9.59 Å². The second kappa shape index (κ2) is 7.00. The number of anilines is 1. The van der Waals surface area contributed by atoms with Gasteiger partial charge in [0, 0.05) is 35.2 Å². The summed E-state index contributed by atoms with van der Waals surface area (Å²) < 4.78 is 0.680. The molecule has 0 saturated carbocycles.